The molecule has 1 fully saturated rings. The Morgan fingerprint density at radius 3 is 2.00 bits per heavy atom. The topological polar surface area (TPSA) is 82.1 Å². The van der Waals surface area contributed by atoms with Gasteiger partial charge in [0.2, 0.25) is 0 Å². The number of hydrogen-bond donors (Lipinski definition) is 1. The van der Waals surface area contributed by atoms with Crippen LogP contribution in [0.5, 0.6) is 5.75 Å². The Bertz CT molecular complexity index is 1590. The molecule has 3 aromatic rings. The van der Waals surface area contributed by atoms with Crippen molar-refractivity contribution >= 4 is 21.0 Å². The number of hydrogen-bond acceptors (Lipinski definition) is 5. The monoisotopic (exact) mass is 671 g/mol. The fourth-order valence-electron chi connectivity index (χ4n) is 5.00. The summed E-state index contributed by atoms with van der Waals surface area (Å²) in [6, 6.07) is 21.6. The van der Waals surface area contributed by atoms with Crippen LogP contribution < -0.4 is 4.74 Å². The van der Waals surface area contributed by atoms with Gasteiger partial charge in [0.15, 0.2) is 26.6 Å². The number of benzene rings is 3. The average Bonchev–Trinajstić information content (AvgIpc) is 2.94. The smallest absolute Gasteiger partial charge is 0.405 e. The summed E-state index contributed by atoms with van der Waals surface area (Å²) in [6.45, 7) is 11.3. The first-order valence-electron chi connectivity index (χ1n) is 14.4. The van der Waals surface area contributed by atoms with E-state index in [-0.39, 0.29) is 11.2 Å². The Morgan fingerprint density at radius 2 is 1.49 bits per heavy atom. The van der Waals surface area contributed by atoms with Crippen LogP contribution in [0.15, 0.2) is 87.5 Å². The third-order valence-electron chi connectivity index (χ3n) is 7.66. The van der Waals surface area contributed by atoms with Gasteiger partial charge in [-0.2, -0.15) is 17.2 Å². The zero-order valence-electron chi connectivity index (χ0n) is 26.2. The Hall–Kier alpha value is -2.64. The first-order chi connectivity index (χ1) is 20.7. The third kappa shape index (κ3) is 7.51. The van der Waals surface area contributed by atoms with Crippen LogP contribution in [0.1, 0.15) is 59.6 Å². The van der Waals surface area contributed by atoms with Gasteiger partial charge >= 0.3 is 15.4 Å². The molecule has 3 aromatic carbocycles. The van der Waals surface area contributed by atoms with E-state index in [0.717, 1.165) is 22.3 Å². The molecule has 246 valence electrons. The molecule has 0 bridgehead atoms. The Balaban J connectivity index is 1.73. The van der Waals surface area contributed by atoms with E-state index in [1.54, 1.807) is 51.1 Å². The molecule has 4 atom stereocenters. The predicted molar refractivity (Wildman–Crippen MR) is 165 cm³/mol. The molecule has 1 heterocycles. The maximum Gasteiger partial charge on any atom is 0.405 e. The molecule has 1 aliphatic rings. The fourth-order valence-corrected chi connectivity index (χ4v) is 7.55. The summed E-state index contributed by atoms with van der Waals surface area (Å²) in [7, 11) is -6.51. The summed E-state index contributed by atoms with van der Waals surface area (Å²) in [5.41, 5.74) is 1.57. The zero-order chi connectivity index (χ0) is 33.6. The van der Waals surface area contributed by atoms with Crippen LogP contribution >= 0.6 is 0 Å². The van der Waals surface area contributed by atoms with Gasteiger partial charge in [0, 0.05) is 11.6 Å². The first-order valence-corrected chi connectivity index (χ1v) is 17.1. The van der Waals surface area contributed by atoms with Gasteiger partial charge in [0.1, 0.15) is 18.5 Å². The lowest BCUT2D eigenvalue weighted by Crippen LogP contribution is -2.54. The lowest BCUT2D eigenvalue weighted by molar-refractivity contribution is -0.368. The van der Waals surface area contributed by atoms with E-state index in [1.807, 2.05) is 36.4 Å². The van der Waals surface area contributed by atoms with Crippen LogP contribution in [0.25, 0.3) is 0 Å². The molecule has 0 spiro atoms. The summed E-state index contributed by atoms with van der Waals surface area (Å²) in [4.78, 5) is 2.41. The van der Waals surface area contributed by atoms with Crippen molar-refractivity contribution in [3.63, 3.8) is 0 Å². The average molecular weight is 672 g/mol. The SMILES string of the molecule is CC(C)C1OC(C)(c2ccc([S+](c3ccc(C(C)(C)C)cc3)c3cccc(OC(C)C(F)(F)S(=O)(=O)O)c3)cc2)OCC1(F)F. The summed E-state index contributed by atoms with van der Waals surface area (Å²) in [5.74, 6) is -4.99. The van der Waals surface area contributed by atoms with E-state index < -0.39 is 62.7 Å². The molecule has 0 amide bonds. The molecule has 0 aromatic heterocycles. The van der Waals surface area contributed by atoms with E-state index in [4.69, 9.17) is 18.8 Å². The summed E-state index contributed by atoms with van der Waals surface area (Å²) < 4.78 is 106. The second-order valence-electron chi connectivity index (χ2n) is 12.7. The van der Waals surface area contributed by atoms with Crippen molar-refractivity contribution in [3.05, 3.63) is 83.9 Å². The van der Waals surface area contributed by atoms with Crippen LogP contribution in [0.4, 0.5) is 17.6 Å². The van der Waals surface area contributed by atoms with Crippen molar-refractivity contribution in [1.29, 1.82) is 0 Å². The maximum atomic E-state index is 14.5. The maximum absolute atomic E-state index is 14.5. The number of ether oxygens (including phenoxy) is 3. The lowest BCUT2D eigenvalue weighted by Gasteiger charge is -2.44. The van der Waals surface area contributed by atoms with E-state index >= 15 is 0 Å². The van der Waals surface area contributed by atoms with Gasteiger partial charge < -0.3 is 14.2 Å². The minimum Gasteiger partial charge on any atom is -0.483 e. The van der Waals surface area contributed by atoms with Gasteiger partial charge in [-0.15, -0.1) is 0 Å². The molecule has 0 aliphatic carbocycles. The number of halogens is 4. The lowest BCUT2D eigenvalue weighted by atomic mass is 9.87. The highest BCUT2D eigenvalue weighted by atomic mass is 32.2. The number of alkyl halides is 4. The Labute approximate surface area is 265 Å². The van der Waals surface area contributed by atoms with E-state index in [1.165, 1.54) is 6.07 Å². The van der Waals surface area contributed by atoms with Crippen molar-refractivity contribution in [2.45, 2.75) is 97.7 Å². The molecule has 1 aliphatic heterocycles. The summed E-state index contributed by atoms with van der Waals surface area (Å²) in [6.07, 6.45) is -3.50. The summed E-state index contributed by atoms with van der Waals surface area (Å²) >= 11 is 0. The van der Waals surface area contributed by atoms with Gasteiger partial charge in [-0.1, -0.05) is 52.8 Å². The van der Waals surface area contributed by atoms with Gasteiger partial charge in [0.05, 0.1) is 10.9 Å². The molecule has 45 heavy (non-hydrogen) atoms. The fraction of sp³-hybridized carbons (Fsp3) is 0.455. The van der Waals surface area contributed by atoms with Crippen LogP contribution in [0.3, 0.4) is 0 Å². The first kappa shape index (κ1) is 35.2. The largest absolute Gasteiger partial charge is 0.483 e. The predicted octanol–water partition coefficient (Wildman–Crippen LogP) is 8.21. The van der Waals surface area contributed by atoms with Gasteiger partial charge in [-0.3, -0.25) is 4.55 Å². The molecule has 1 saturated heterocycles. The zero-order valence-corrected chi connectivity index (χ0v) is 27.8. The van der Waals surface area contributed by atoms with E-state index in [9.17, 15) is 26.0 Å². The van der Waals surface area contributed by atoms with Crippen molar-refractivity contribution in [2.75, 3.05) is 6.61 Å². The Morgan fingerprint density at radius 1 is 0.933 bits per heavy atom. The van der Waals surface area contributed by atoms with E-state index in [2.05, 4.69) is 20.8 Å². The third-order valence-corrected chi connectivity index (χ3v) is 10.9. The second kappa shape index (κ2) is 12.5. The van der Waals surface area contributed by atoms with Crippen LogP contribution in [-0.2, 0) is 41.7 Å². The van der Waals surface area contributed by atoms with Crippen molar-refractivity contribution < 1.29 is 44.7 Å². The molecule has 4 rings (SSSR count). The molecule has 0 saturated carbocycles. The normalized spacial score (nSPS) is 22.2. The molecule has 4 unspecified atom stereocenters. The molecule has 1 N–H and O–H groups in total. The highest BCUT2D eigenvalue weighted by Crippen LogP contribution is 2.43. The van der Waals surface area contributed by atoms with E-state index in [0.29, 0.717) is 10.5 Å². The highest BCUT2D eigenvalue weighted by molar-refractivity contribution is 7.97. The second-order valence-corrected chi connectivity index (χ2v) is 16.2. The molecule has 12 heteroatoms. The highest BCUT2D eigenvalue weighted by Gasteiger charge is 2.53. The Kier molecular flexibility index (Phi) is 9.80. The molecule has 6 nitrogen and oxygen atoms in total. The molecule has 0 radical (unpaired) electrons. The summed E-state index contributed by atoms with van der Waals surface area (Å²) in [5, 5.41) is -4.53. The van der Waals surface area contributed by atoms with Crippen LogP contribution in [0.2, 0.25) is 0 Å². The standard InChI is InChI=1S/C33H38F4O6S2/c1-21(2)29-32(34,35)20-41-31(7,43-29)24-13-17-27(18-14-24)44(26-15-11-23(12-16-26)30(4,5)6)28-10-8-9-25(19-28)42-22(3)33(36,37)45(38,39)40/h8-19,21-22,29H,20H2,1-7H3/p+1. The van der Waals surface area contributed by atoms with Gasteiger partial charge in [-0.05, 0) is 79.3 Å². The van der Waals surface area contributed by atoms with Crippen LogP contribution in [0, 0.1) is 5.92 Å². The van der Waals surface area contributed by atoms with Gasteiger partial charge in [0.25, 0.3) is 5.92 Å². The molecular weight excluding hydrogens is 632 g/mol. The minimum absolute atomic E-state index is 0.0130. The minimum atomic E-state index is -5.70. The number of rotatable bonds is 9. The van der Waals surface area contributed by atoms with Crippen molar-refractivity contribution in [1.82, 2.24) is 0 Å². The van der Waals surface area contributed by atoms with Crippen molar-refractivity contribution in [3.8, 4) is 5.75 Å². The molecular formula is C33H39F4O6S2+. The van der Waals surface area contributed by atoms with Crippen LogP contribution in [-0.4, -0.2) is 43.0 Å². The van der Waals surface area contributed by atoms with Crippen molar-refractivity contribution in [2.24, 2.45) is 5.92 Å². The van der Waals surface area contributed by atoms with Gasteiger partial charge in [-0.25, -0.2) is 8.78 Å². The quantitative estimate of drug-likeness (QED) is 0.140.